The summed E-state index contributed by atoms with van der Waals surface area (Å²) in [5, 5.41) is 0. The average Bonchev–Trinajstić information content (AvgIpc) is 2.14. The zero-order valence-corrected chi connectivity index (χ0v) is 11.2. The Morgan fingerprint density at radius 1 is 0.947 bits per heavy atom. The van der Waals surface area contributed by atoms with E-state index in [4.69, 9.17) is 23.5 Å². The molecule has 0 aliphatic heterocycles. The van der Waals surface area contributed by atoms with Crippen molar-refractivity contribution in [1.82, 2.24) is 9.97 Å². The third kappa shape index (κ3) is 31.6. The molecular weight excluding hydrogens is 331 g/mol. The van der Waals surface area contributed by atoms with Gasteiger partial charge in [0.25, 0.3) is 0 Å². The second kappa shape index (κ2) is 9.76. The third-order valence-corrected chi connectivity index (χ3v) is 2.03. The van der Waals surface area contributed by atoms with Crippen LogP contribution in [0.2, 0.25) is 0 Å². The second-order valence-electron chi connectivity index (χ2n) is 2.08. The zero-order chi connectivity index (χ0) is 15.5. The molecule has 0 radical (unpaired) electrons. The number of hydrogen-bond donors (Lipinski definition) is 4. The highest BCUT2D eigenvalue weighted by Gasteiger charge is 2.15. The highest BCUT2D eigenvalue weighted by atomic mass is 32.3. The van der Waals surface area contributed by atoms with E-state index in [1.165, 1.54) is 6.33 Å². The molecule has 12 nitrogen and oxygen atoms in total. The lowest BCUT2D eigenvalue weighted by atomic mass is 10.7. The second-order valence-corrected chi connectivity index (χ2v) is 4.84. The van der Waals surface area contributed by atoms with E-state index < -0.39 is 29.1 Å². The van der Waals surface area contributed by atoms with E-state index in [2.05, 4.69) is 13.6 Å². The highest BCUT2D eigenvalue weighted by Crippen LogP contribution is 1.98. The number of hydrogen-bond acceptors (Lipinski definition) is 8. The monoisotopic (exact) mass is 339 g/mol. The lowest BCUT2D eigenvalue weighted by molar-refractivity contribution is 0.344. The van der Waals surface area contributed by atoms with Crippen LogP contribution in [0.1, 0.15) is 0 Å². The summed E-state index contributed by atoms with van der Waals surface area (Å²) in [4.78, 5) is 21.6. The minimum Gasteiger partial charge on any atom is -0.263 e. The van der Waals surface area contributed by atoms with Crippen LogP contribution in [0.15, 0.2) is 24.8 Å². The first-order chi connectivity index (χ1) is 8.44. The van der Waals surface area contributed by atoms with Crippen molar-refractivity contribution in [2.75, 3.05) is 0 Å². The molecule has 0 atom stereocenters. The Morgan fingerprint density at radius 3 is 1.32 bits per heavy atom. The van der Waals surface area contributed by atoms with Crippen molar-refractivity contribution in [3.8, 4) is 0 Å². The van der Waals surface area contributed by atoms with Crippen LogP contribution in [-0.2, 0) is 29.0 Å². The first-order valence-corrected chi connectivity index (χ1v) is 7.54. The van der Waals surface area contributed by atoms with Crippen molar-refractivity contribution < 1.29 is 43.9 Å². The molecule has 1 aromatic rings. The van der Waals surface area contributed by atoms with Crippen LogP contribution in [0, 0.1) is 0 Å². The van der Waals surface area contributed by atoms with Gasteiger partial charge < -0.3 is 0 Å². The summed E-state index contributed by atoms with van der Waals surface area (Å²) >= 11 is 0. The first kappa shape index (κ1) is 20.2. The van der Waals surface area contributed by atoms with Crippen LogP contribution < -0.4 is 0 Å². The molecule has 1 heterocycles. The molecule has 0 spiro atoms. The van der Waals surface area contributed by atoms with Gasteiger partial charge in [0.05, 0.1) is 0 Å². The Hall–Kier alpha value is -1.12. The number of rotatable bonds is 2. The SMILES string of the molecule is O=S(=O)(O)OS(=O)(=O)O.O=[P+](O)O.c1cncnc1. The molecule has 15 heteroatoms. The van der Waals surface area contributed by atoms with Gasteiger partial charge in [-0.05, 0) is 6.07 Å². The molecule has 110 valence electrons. The Kier molecular flexibility index (Phi) is 10.4. The van der Waals surface area contributed by atoms with E-state index in [9.17, 15) is 16.8 Å². The van der Waals surface area contributed by atoms with Gasteiger partial charge >= 0.3 is 29.1 Å². The molecule has 1 aromatic heterocycles. The van der Waals surface area contributed by atoms with Crippen LogP contribution in [0.5, 0.6) is 0 Å². The lowest BCUT2D eigenvalue weighted by Crippen LogP contribution is -2.10. The summed E-state index contributed by atoms with van der Waals surface area (Å²) in [5.74, 6) is 0. The summed E-state index contributed by atoms with van der Waals surface area (Å²) in [6.45, 7) is 0. The van der Waals surface area contributed by atoms with Crippen molar-refractivity contribution in [2.24, 2.45) is 0 Å². The van der Waals surface area contributed by atoms with Gasteiger partial charge in [-0.25, -0.2) is 9.97 Å². The third-order valence-electron chi connectivity index (χ3n) is 0.650. The highest BCUT2D eigenvalue weighted by molar-refractivity contribution is 7.94. The van der Waals surface area contributed by atoms with Crippen LogP contribution in [0.3, 0.4) is 0 Å². The smallest absolute Gasteiger partial charge is 0.263 e. The van der Waals surface area contributed by atoms with E-state index in [0.29, 0.717) is 0 Å². The van der Waals surface area contributed by atoms with Gasteiger partial charge in [-0.2, -0.15) is 16.8 Å². The van der Waals surface area contributed by atoms with Crippen molar-refractivity contribution in [3.05, 3.63) is 24.8 Å². The van der Waals surface area contributed by atoms with E-state index in [1.807, 2.05) is 0 Å². The van der Waals surface area contributed by atoms with Crippen molar-refractivity contribution in [1.29, 1.82) is 0 Å². The van der Waals surface area contributed by atoms with Gasteiger partial charge in [-0.1, -0.05) is 0 Å². The molecule has 0 amide bonds. The fourth-order valence-electron chi connectivity index (χ4n) is 0.362. The van der Waals surface area contributed by atoms with Crippen LogP contribution in [0.4, 0.5) is 0 Å². The summed E-state index contributed by atoms with van der Waals surface area (Å²) in [6.07, 6.45) is 4.88. The Morgan fingerprint density at radius 2 is 1.26 bits per heavy atom. The van der Waals surface area contributed by atoms with Gasteiger partial charge in [-0.15, -0.1) is 13.4 Å². The van der Waals surface area contributed by atoms with Gasteiger partial charge in [0.2, 0.25) is 0 Å². The van der Waals surface area contributed by atoms with Crippen LogP contribution in [-0.4, -0.2) is 45.7 Å². The standard InChI is InChI=1S/C4H4N2.H2O7S2.HO3P/c1-2-5-4-6-3-1;1-8(2,3)7-9(4,5)6;1-4(2)3/h1-4H;(H,1,2,3)(H,4,5,6);(H-,1,2,3)/p+1. The Labute approximate surface area is 108 Å². The predicted octanol–water partition coefficient (Wildman–Crippen LogP) is -1.29. The molecule has 19 heavy (non-hydrogen) atoms. The molecule has 0 aliphatic rings. The van der Waals surface area contributed by atoms with Gasteiger partial charge in [0, 0.05) is 17.0 Å². The van der Waals surface area contributed by atoms with Crippen molar-refractivity contribution in [3.63, 3.8) is 0 Å². The van der Waals surface area contributed by atoms with Gasteiger partial charge in [0.15, 0.2) is 0 Å². The maximum absolute atomic E-state index is 9.44. The van der Waals surface area contributed by atoms with E-state index in [-0.39, 0.29) is 0 Å². The molecule has 0 fully saturated rings. The summed E-state index contributed by atoms with van der Waals surface area (Å²) in [6, 6.07) is 1.78. The maximum atomic E-state index is 9.44. The fourth-order valence-corrected chi connectivity index (χ4v) is 1.23. The molecule has 0 aliphatic carbocycles. The molecule has 0 saturated heterocycles. The average molecular weight is 339 g/mol. The topological polar surface area (TPSA) is 201 Å². The lowest BCUT2D eigenvalue weighted by Gasteiger charge is -1.89. The van der Waals surface area contributed by atoms with Gasteiger partial charge in [0.1, 0.15) is 6.33 Å². The molecule has 0 aromatic carbocycles. The zero-order valence-electron chi connectivity index (χ0n) is 8.71. The Bertz CT molecular complexity index is 496. The summed E-state index contributed by atoms with van der Waals surface area (Å²) in [7, 11) is -13.1. The Balaban J connectivity index is 0. The minimum atomic E-state index is -5.12. The van der Waals surface area contributed by atoms with Crippen molar-refractivity contribution >= 4 is 29.1 Å². The fraction of sp³-hybridized carbons (Fsp3) is 0. The normalized spacial score (nSPS) is 10.3. The summed E-state index contributed by atoms with van der Waals surface area (Å²) in [5.41, 5.74) is 0. The largest absolute Gasteiger partial charge is 0.692 e. The first-order valence-electron chi connectivity index (χ1n) is 3.65. The molecule has 1 rings (SSSR count). The van der Waals surface area contributed by atoms with Crippen molar-refractivity contribution in [2.45, 2.75) is 0 Å². The molecule has 4 N–H and O–H groups in total. The predicted molar refractivity (Wildman–Crippen MR) is 58.3 cm³/mol. The quantitative estimate of drug-likeness (QED) is 0.367. The molecule has 0 bridgehead atoms. The number of aromatic nitrogens is 2. The molecular formula is C4H8N2O10PS2+. The van der Waals surface area contributed by atoms with E-state index >= 15 is 0 Å². The van der Waals surface area contributed by atoms with E-state index in [0.717, 1.165) is 0 Å². The number of nitrogens with zero attached hydrogens (tertiary/aromatic N) is 2. The maximum Gasteiger partial charge on any atom is 0.692 e. The summed E-state index contributed by atoms with van der Waals surface area (Å²) < 4.78 is 64.3. The van der Waals surface area contributed by atoms with Gasteiger partial charge in [-0.3, -0.25) is 9.11 Å². The molecule has 0 unspecified atom stereocenters. The molecule has 0 saturated carbocycles. The van der Waals surface area contributed by atoms with Crippen LogP contribution >= 0.6 is 8.25 Å². The minimum absolute atomic E-state index is 1.50. The van der Waals surface area contributed by atoms with E-state index in [1.54, 1.807) is 18.5 Å². The van der Waals surface area contributed by atoms with Crippen LogP contribution in [0.25, 0.3) is 0 Å².